The van der Waals surface area contributed by atoms with Crippen LogP contribution in [-0.2, 0) is 24.7 Å². The van der Waals surface area contributed by atoms with Crippen molar-refractivity contribution >= 4 is 72.4 Å². The second kappa shape index (κ2) is 13.6. The fraction of sp³-hybridized carbons (Fsp3) is 0.593. The predicted octanol–water partition coefficient (Wildman–Crippen LogP) is 6.81. The van der Waals surface area contributed by atoms with E-state index in [-0.39, 0.29) is 9.62 Å². The third kappa shape index (κ3) is 9.73. The highest BCUT2D eigenvalue weighted by molar-refractivity contribution is 9.10. The molecule has 3 N–H and O–H groups in total. The zero-order valence-corrected chi connectivity index (χ0v) is 30.4. The fourth-order valence-corrected chi connectivity index (χ4v) is 6.46. The number of hydrogen-bond acceptors (Lipinski definition) is 9. The van der Waals surface area contributed by atoms with Crippen LogP contribution in [0.2, 0.25) is 5.02 Å². The number of halogens is 2. The highest BCUT2D eigenvalue weighted by Crippen LogP contribution is 2.37. The predicted molar refractivity (Wildman–Crippen MR) is 177 cm³/mol. The van der Waals surface area contributed by atoms with Crippen molar-refractivity contribution in [3.63, 3.8) is 0 Å². The molecule has 1 fully saturated rings. The fourth-order valence-electron chi connectivity index (χ4n) is 3.34. The molecule has 0 saturated carbocycles. The van der Waals surface area contributed by atoms with Crippen molar-refractivity contribution in [1.29, 1.82) is 0 Å². The Balaban J connectivity index is 0.000000282. The van der Waals surface area contributed by atoms with E-state index in [2.05, 4.69) is 66.9 Å². The van der Waals surface area contributed by atoms with E-state index in [1.807, 2.05) is 68.4 Å². The monoisotopic (exact) mass is 704 g/mol. The maximum Gasteiger partial charge on any atom is 0.505 e. The van der Waals surface area contributed by atoms with Crippen molar-refractivity contribution in [1.82, 2.24) is 24.9 Å². The summed E-state index contributed by atoms with van der Waals surface area (Å²) >= 11 is 10.4. The normalized spacial score (nSPS) is 16.3. The first-order valence-corrected chi connectivity index (χ1v) is 17.1. The smallest absolute Gasteiger partial charge is 0.399 e. The van der Waals surface area contributed by atoms with Crippen molar-refractivity contribution in [3.05, 3.63) is 39.8 Å². The zero-order valence-electron chi connectivity index (χ0n) is 26.4. The maximum atomic E-state index is 12.3. The van der Waals surface area contributed by atoms with E-state index in [4.69, 9.17) is 20.9 Å². The number of H-pyrrole nitrogens is 1. The highest BCUT2D eigenvalue weighted by Gasteiger charge is 2.52. The summed E-state index contributed by atoms with van der Waals surface area (Å²) in [4.78, 5) is 8.08. The minimum absolute atomic E-state index is 0.0168. The molecule has 1 aliphatic heterocycles. The summed E-state index contributed by atoms with van der Waals surface area (Å²) in [6.45, 7) is 23.7. The first-order chi connectivity index (χ1) is 19.1. The highest BCUT2D eigenvalue weighted by atomic mass is 79.9. The maximum absolute atomic E-state index is 12.3. The van der Waals surface area contributed by atoms with Crippen molar-refractivity contribution < 1.29 is 17.7 Å². The van der Waals surface area contributed by atoms with Gasteiger partial charge in [0.25, 0.3) is 10.0 Å². The molecule has 1 saturated heterocycles. The molecule has 234 valence electrons. The van der Waals surface area contributed by atoms with Crippen LogP contribution in [0.5, 0.6) is 0 Å². The molecular weight excluding hydrogens is 663 g/mol. The number of rotatable bonds is 5. The molecule has 0 bridgehead atoms. The molecule has 0 spiro atoms. The van der Waals surface area contributed by atoms with Crippen molar-refractivity contribution in [2.24, 2.45) is 0 Å². The standard InChI is InChI=1S/C14H24BNO4S2.C11H13BrClN5.C2H6/c1-12(2,3)16-22(17,18)11-9-8-10(21-11)15-19-13(4,5)14(6,7)20-15;1-11(2,3)7-4-8(18-17-7)15-9-6(13)5-14-10(12)16-9;1-2/h8-9,16H,1-7H3;4-5H,1-3H3,(H2,14,15,16,17,18);1-2H3. The summed E-state index contributed by atoms with van der Waals surface area (Å²) < 4.78 is 40.7. The second-order valence-corrected chi connectivity index (χ2v) is 16.6. The average Bonchev–Trinajstić information content (AvgIpc) is 3.55. The Labute approximate surface area is 268 Å². The van der Waals surface area contributed by atoms with Crippen LogP contribution in [0.3, 0.4) is 0 Å². The lowest BCUT2D eigenvalue weighted by atomic mass is 9.88. The molecule has 0 amide bonds. The molecule has 42 heavy (non-hydrogen) atoms. The molecule has 3 aromatic rings. The minimum atomic E-state index is -3.53. The van der Waals surface area contributed by atoms with E-state index in [9.17, 15) is 8.42 Å². The van der Waals surface area contributed by atoms with Gasteiger partial charge in [0.1, 0.15) is 9.23 Å². The van der Waals surface area contributed by atoms with E-state index in [0.717, 1.165) is 10.5 Å². The van der Waals surface area contributed by atoms with Crippen LogP contribution in [-0.4, -0.2) is 52.4 Å². The Bertz CT molecular complexity index is 1430. The van der Waals surface area contributed by atoms with Crippen LogP contribution in [0.1, 0.15) is 88.8 Å². The largest absolute Gasteiger partial charge is 0.505 e. The van der Waals surface area contributed by atoms with E-state index in [1.165, 1.54) is 17.5 Å². The van der Waals surface area contributed by atoms with E-state index >= 15 is 0 Å². The van der Waals surface area contributed by atoms with Gasteiger partial charge in [-0.25, -0.2) is 23.1 Å². The van der Waals surface area contributed by atoms with Crippen LogP contribution in [0, 0.1) is 0 Å². The van der Waals surface area contributed by atoms with Gasteiger partial charge in [0.2, 0.25) is 0 Å². The van der Waals surface area contributed by atoms with Gasteiger partial charge in [-0.3, -0.25) is 5.10 Å². The van der Waals surface area contributed by atoms with Crippen molar-refractivity contribution in [2.45, 2.75) is 109 Å². The summed E-state index contributed by atoms with van der Waals surface area (Å²) in [6, 6.07) is 5.29. The van der Waals surface area contributed by atoms with Gasteiger partial charge in [-0.1, -0.05) is 52.3 Å². The van der Waals surface area contributed by atoms with Crippen LogP contribution in [0.4, 0.5) is 11.6 Å². The lowest BCUT2D eigenvalue weighted by Crippen LogP contribution is -2.41. The van der Waals surface area contributed by atoms with Gasteiger partial charge in [0.15, 0.2) is 16.4 Å². The van der Waals surface area contributed by atoms with Gasteiger partial charge >= 0.3 is 7.12 Å². The second-order valence-electron chi connectivity index (χ2n) is 12.5. The number of anilines is 2. The average molecular weight is 706 g/mol. The van der Waals surface area contributed by atoms with E-state index in [1.54, 1.807) is 12.1 Å². The van der Waals surface area contributed by atoms with E-state index in [0.29, 0.717) is 21.4 Å². The quantitative estimate of drug-likeness (QED) is 0.195. The van der Waals surface area contributed by atoms with Gasteiger partial charge in [0.05, 0.1) is 17.4 Å². The minimum Gasteiger partial charge on any atom is -0.399 e. The molecule has 0 radical (unpaired) electrons. The Kier molecular flexibility index (Phi) is 11.9. The lowest BCUT2D eigenvalue weighted by molar-refractivity contribution is 0.00578. The zero-order chi connectivity index (χ0) is 32.3. The number of nitrogens with one attached hydrogen (secondary N) is 3. The number of nitrogens with zero attached hydrogens (tertiary/aromatic N) is 3. The topological polar surface area (TPSA) is 131 Å². The molecule has 0 atom stereocenters. The van der Waals surface area contributed by atoms with Crippen molar-refractivity contribution in [3.8, 4) is 0 Å². The number of aromatic nitrogens is 4. The molecule has 4 rings (SSSR count). The van der Waals surface area contributed by atoms with Crippen LogP contribution in [0.15, 0.2) is 33.3 Å². The summed E-state index contributed by atoms with van der Waals surface area (Å²) in [6.07, 6.45) is 1.53. The molecule has 3 aromatic heterocycles. The number of thiophene rings is 1. The van der Waals surface area contributed by atoms with Gasteiger partial charge in [-0.2, -0.15) is 5.10 Å². The molecular formula is C27H43BBrClN6O4S2. The first kappa shape index (κ1) is 36.6. The molecule has 15 heteroatoms. The Morgan fingerprint density at radius 3 is 2.12 bits per heavy atom. The Morgan fingerprint density at radius 1 is 1.05 bits per heavy atom. The van der Waals surface area contributed by atoms with Crippen LogP contribution < -0.4 is 14.8 Å². The molecule has 4 heterocycles. The van der Waals surface area contributed by atoms with E-state index < -0.39 is 33.9 Å². The summed E-state index contributed by atoms with van der Waals surface area (Å²) in [5.41, 5.74) is -0.348. The van der Waals surface area contributed by atoms with Crippen LogP contribution in [0.25, 0.3) is 0 Å². The third-order valence-electron chi connectivity index (χ3n) is 6.14. The summed E-state index contributed by atoms with van der Waals surface area (Å²) in [7, 11) is -4.06. The summed E-state index contributed by atoms with van der Waals surface area (Å²) in [5, 5.41) is 10.7. The van der Waals surface area contributed by atoms with Gasteiger partial charge in [-0.05, 0) is 70.5 Å². The number of aromatic amines is 1. The molecule has 1 aliphatic rings. The molecule has 10 nitrogen and oxygen atoms in total. The first-order valence-electron chi connectivity index (χ1n) is 13.6. The molecule has 0 aromatic carbocycles. The number of sulfonamides is 1. The summed E-state index contributed by atoms with van der Waals surface area (Å²) in [5.74, 6) is 1.19. The van der Waals surface area contributed by atoms with Gasteiger partial charge in [0, 0.05) is 27.5 Å². The lowest BCUT2D eigenvalue weighted by Gasteiger charge is -2.32. The molecule has 0 aliphatic carbocycles. The van der Waals surface area contributed by atoms with Crippen LogP contribution >= 0.6 is 38.9 Å². The Hall–Kier alpha value is -1.55. The third-order valence-corrected chi connectivity index (χ3v) is 10.2. The van der Waals surface area contributed by atoms with Gasteiger partial charge in [-0.15, -0.1) is 11.3 Å². The SMILES string of the molecule is CC.CC(C)(C)NS(=O)(=O)c1ccc(B2OC(C)(C)C(C)(C)O2)s1.CC(C)(C)c1cc(Nc2nc(Br)ncc2Cl)n[nH]1. The number of hydrogen-bond donors (Lipinski definition) is 3. The van der Waals surface area contributed by atoms with Crippen molar-refractivity contribution in [2.75, 3.05) is 5.32 Å². The molecule has 0 unspecified atom stereocenters. The van der Waals surface area contributed by atoms with Gasteiger partial charge < -0.3 is 14.6 Å². The Morgan fingerprint density at radius 2 is 1.62 bits per heavy atom.